The van der Waals surface area contributed by atoms with Gasteiger partial charge in [0.1, 0.15) is 12.1 Å². The molecule has 2 aromatic rings. The summed E-state index contributed by atoms with van der Waals surface area (Å²) in [6, 6.07) is 10.3. The Morgan fingerprint density at radius 3 is 2.39 bits per heavy atom. The predicted molar refractivity (Wildman–Crippen MR) is 104 cm³/mol. The van der Waals surface area contributed by atoms with E-state index in [4.69, 9.17) is 9.47 Å². The molecule has 1 heterocycles. The van der Waals surface area contributed by atoms with Crippen LogP contribution in [-0.2, 0) is 14.9 Å². The van der Waals surface area contributed by atoms with Gasteiger partial charge in [0.05, 0.1) is 7.11 Å². The third-order valence-electron chi connectivity index (χ3n) is 4.85. The number of carbonyl (C=O) groups is 2. The molecule has 7 heteroatoms. The van der Waals surface area contributed by atoms with Crippen molar-refractivity contribution in [1.29, 1.82) is 0 Å². The normalized spacial score (nSPS) is 13.3. The van der Waals surface area contributed by atoms with Crippen molar-refractivity contribution >= 4 is 11.9 Å². The van der Waals surface area contributed by atoms with E-state index >= 15 is 0 Å². The minimum absolute atomic E-state index is 0.119. The number of benzene rings is 1. The average molecular weight is 386 g/mol. The molecule has 0 saturated carbocycles. The zero-order valence-electron chi connectivity index (χ0n) is 16.7. The van der Waals surface area contributed by atoms with Crippen LogP contribution in [0.15, 0.2) is 42.6 Å². The van der Waals surface area contributed by atoms with Crippen molar-refractivity contribution in [2.45, 2.75) is 45.3 Å². The summed E-state index contributed by atoms with van der Waals surface area (Å²) in [5, 5.41) is 12.5. The van der Waals surface area contributed by atoms with Crippen LogP contribution >= 0.6 is 0 Å². The highest BCUT2D eigenvalue weighted by Crippen LogP contribution is 2.29. The molecular formula is C21H26N2O5. The predicted octanol–water partition coefficient (Wildman–Crippen LogP) is 2.82. The van der Waals surface area contributed by atoms with Crippen LogP contribution in [0.2, 0.25) is 0 Å². The Morgan fingerprint density at radius 1 is 1.14 bits per heavy atom. The highest BCUT2D eigenvalue weighted by atomic mass is 16.5. The number of methoxy groups -OCH3 is 1. The molecule has 2 atom stereocenters. The Balaban J connectivity index is 2.04. The molecule has 0 radical (unpaired) electrons. The summed E-state index contributed by atoms with van der Waals surface area (Å²) in [6.07, 6.45) is 0.908. The number of aromatic nitrogens is 1. The van der Waals surface area contributed by atoms with Crippen LogP contribution in [0.4, 0.5) is 0 Å². The van der Waals surface area contributed by atoms with E-state index in [1.807, 2.05) is 51.1 Å². The lowest BCUT2D eigenvalue weighted by Gasteiger charge is -2.32. The number of esters is 1. The summed E-state index contributed by atoms with van der Waals surface area (Å²) < 4.78 is 10.5. The van der Waals surface area contributed by atoms with Gasteiger partial charge >= 0.3 is 5.97 Å². The standard InChI is InChI=1S/C21H26N2O5/c1-13(23-19(25)17-18(24)16(27-5)11-12-22-17)20(26)28-14(2)21(3,4)15-9-7-6-8-10-15/h6-14,24H,1-5H3,(H,23,25). The molecule has 0 aliphatic heterocycles. The van der Waals surface area contributed by atoms with Crippen LogP contribution in [0, 0.1) is 0 Å². The van der Waals surface area contributed by atoms with Gasteiger partial charge in [0.2, 0.25) is 0 Å². The lowest BCUT2D eigenvalue weighted by Crippen LogP contribution is -2.44. The van der Waals surface area contributed by atoms with Crippen LogP contribution in [0.3, 0.4) is 0 Å². The molecule has 0 aliphatic carbocycles. The van der Waals surface area contributed by atoms with E-state index in [-0.39, 0.29) is 17.2 Å². The van der Waals surface area contributed by atoms with E-state index in [0.29, 0.717) is 0 Å². The first-order chi connectivity index (χ1) is 13.2. The highest BCUT2D eigenvalue weighted by molar-refractivity contribution is 5.97. The topological polar surface area (TPSA) is 97.8 Å². The molecule has 0 bridgehead atoms. The van der Waals surface area contributed by atoms with Crippen LogP contribution in [-0.4, -0.2) is 41.2 Å². The quantitative estimate of drug-likeness (QED) is 0.710. The van der Waals surface area contributed by atoms with Crippen molar-refractivity contribution in [3.8, 4) is 11.5 Å². The Morgan fingerprint density at radius 2 is 1.79 bits per heavy atom. The number of hydrogen-bond donors (Lipinski definition) is 2. The number of carbonyl (C=O) groups excluding carboxylic acids is 2. The number of amides is 1. The zero-order chi connectivity index (χ0) is 20.9. The largest absolute Gasteiger partial charge is 0.503 e. The maximum Gasteiger partial charge on any atom is 0.328 e. The second-order valence-electron chi connectivity index (χ2n) is 7.07. The first-order valence-corrected chi connectivity index (χ1v) is 8.97. The summed E-state index contributed by atoms with van der Waals surface area (Å²) in [7, 11) is 1.37. The fourth-order valence-electron chi connectivity index (χ4n) is 2.62. The molecule has 1 aromatic heterocycles. The first-order valence-electron chi connectivity index (χ1n) is 8.97. The molecular weight excluding hydrogens is 360 g/mol. The van der Waals surface area contributed by atoms with Gasteiger partial charge in [-0.25, -0.2) is 9.78 Å². The van der Waals surface area contributed by atoms with E-state index in [0.717, 1.165) is 5.56 Å². The molecule has 7 nitrogen and oxygen atoms in total. The minimum Gasteiger partial charge on any atom is -0.503 e. The Kier molecular flexibility index (Phi) is 6.62. The molecule has 2 unspecified atom stereocenters. The monoisotopic (exact) mass is 386 g/mol. The van der Waals surface area contributed by atoms with Crippen LogP contribution in [0.5, 0.6) is 11.5 Å². The second kappa shape index (κ2) is 8.73. The lowest BCUT2D eigenvalue weighted by atomic mass is 9.80. The molecule has 1 amide bonds. The van der Waals surface area contributed by atoms with Gasteiger partial charge in [-0.15, -0.1) is 0 Å². The maximum atomic E-state index is 12.5. The second-order valence-corrected chi connectivity index (χ2v) is 7.07. The molecule has 1 aromatic carbocycles. The summed E-state index contributed by atoms with van der Waals surface area (Å²) in [5.74, 6) is -1.54. The highest BCUT2D eigenvalue weighted by Gasteiger charge is 2.32. The van der Waals surface area contributed by atoms with Crippen molar-refractivity contribution in [1.82, 2.24) is 10.3 Å². The fraction of sp³-hybridized carbons (Fsp3) is 0.381. The Bertz CT molecular complexity index is 836. The molecule has 0 aliphatic rings. The van der Waals surface area contributed by atoms with Crippen molar-refractivity contribution in [2.75, 3.05) is 7.11 Å². The number of pyridine rings is 1. The van der Waals surface area contributed by atoms with E-state index < -0.39 is 29.4 Å². The van der Waals surface area contributed by atoms with E-state index in [2.05, 4.69) is 10.3 Å². The van der Waals surface area contributed by atoms with Gasteiger partial charge < -0.3 is 19.9 Å². The van der Waals surface area contributed by atoms with Gasteiger partial charge in [0.25, 0.3) is 5.91 Å². The van der Waals surface area contributed by atoms with Crippen LogP contribution in [0.25, 0.3) is 0 Å². The van der Waals surface area contributed by atoms with E-state index in [9.17, 15) is 14.7 Å². The number of hydrogen-bond acceptors (Lipinski definition) is 6. The molecule has 150 valence electrons. The molecule has 0 fully saturated rings. The Labute approximate surface area is 164 Å². The SMILES string of the molecule is COc1ccnc(C(=O)NC(C)C(=O)OC(C)C(C)(C)c2ccccc2)c1O. The molecule has 2 N–H and O–H groups in total. The Hall–Kier alpha value is -3.09. The first kappa shape index (κ1) is 21.2. The molecule has 0 saturated heterocycles. The van der Waals surface area contributed by atoms with E-state index in [1.165, 1.54) is 26.3 Å². The van der Waals surface area contributed by atoms with E-state index in [1.54, 1.807) is 0 Å². The lowest BCUT2D eigenvalue weighted by molar-refractivity contribution is -0.153. The van der Waals surface area contributed by atoms with Gasteiger partial charge in [-0.1, -0.05) is 44.2 Å². The number of aromatic hydroxyl groups is 1. The van der Waals surface area contributed by atoms with Gasteiger partial charge in [-0.3, -0.25) is 4.79 Å². The average Bonchev–Trinajstić information content (AvgIpc) is 2.68. The maximum absolute atomic E-state index is 12.5. The van der Waals surface area contributed by atoms with Gasteiger partial charge in [-0.05, 0) is 19.4 Å². The third kappa shape index (κ3) is 4.60. The van der Waals surface area contributed by atoms with Gasteiger partial charge in [-0.2, -0.15) is 0 Å². The summed E-state index contributed by atoms with van der Waals surface area (Å²) in [6.45, 7) is 7.30. The van der Waals surface area contributed by atoms with Crippen LogP contribution in [0.1, 0.15) is 43.7 Å². The number of ether oxygens (including phenoxy) is 2. The van der Waals surface area contributed by atoms with Crippen molar-refractivity contribution in [3.05, 3.63) is 53.9 Å². The molecule has 28 heavy (non-hydrogen) atoms. The van der Waals surface area contributed by atoms with Gasteiger partial charge in [0.15, 0.2) is 17.2 Å². The van der Waals surface area contributed by atoms with Crippen molar-refractivity contribution in [2.24, 2.45) is 0 Å². The van der Waals surface area contributed by atoms with Crippen molar-refractivity contribution in [3.63, 3.8) is 0 Å². The van der Waals surface area contributed by atoms with Crippen molar-refractivity contribution < 1.29 is 24.2 Å². The third-order valence-corrected chi connectivity index (χ3v) is 4.85. The smallest absolute Gasteiger partial charge is 0.328 e. The summed E-state index contributed by atoms with van der Waals surface area (Å²) in [4.78, 5) is 28.7. The zero-order valence-corrected chi connectivity index (χ0v) is 16.7. The fourth-order valence-corrected chi connectivity index (χ4v) is 2.62. The van der Waals surface area contributed by atoms with Crippen LogP contribution < -0.4 is 10.1 Å². The number of nitrogens with one attached hydrogen (secondary N) is 1. The minimum atomic E-state index is -0.922. The molecule has 2 rings (SSSR count). The summed E-state index contributed by atoms with van der Waals surface area (Å²) in [5.41, 5.74) is 0.405. The molecule has 0 spiro atoms. The number of nitrogens with zero attached hydrogens (tertiary/aromatic N) is 1. The number of rotatable bonds is 7. The van der Waals surface area contributed by atoms with Gasteiger partial charge in [0, 0.05) is 17.7 Å². The summed E-state index contributed by atoms with van der Waals surface area (Å²) >= 11 is 0.